The maximum atomic E-state index is 10.8. The molecule has 0 aromatic heterocycles. The Bertz CT molecular complexity index is 230. The van der Waals surface area contributed by atoms with Crippen molar-refractivity contribution < 1.29 is 19.1 Å². The van der Waals surface area contributed by atoms with Crippen LogP contribution >= 0.6 is 0 Å². The van der Waals surface area contributed by atoms with Gasteiger partial charge in [-0.25, -0.2) is 4.79 Å². The largest absolute Gasteiger partial charge is 0.428 e. The van der Waals surface area contributed by atoms with Crippen molar-refractivity contribution in [2.45, 2.75) is 53.9 Å². The van der Waals surface area contributed by atoms with Gasteiger partial charge in [-0.2, -0.15) is 0 Å². The standard InChI is InChI=1S/C7H12N2O4.C3H8.C2H6/c1-5(8)2-3-6(10)12-4-13-7(9)11;1-3-2;1-2/h8H,2-4H2,1H3,(H2,9,11);3H2,1-2H3;1-2H3. The summed E-state index contributed by atoms with van der Waals surface area (Å²) >= 11 is 0. The van der Waals surface area contributed by atoms with E-state index in [0.29, 0.717) is 12.1 Å². The van der Waals surface area contributed by atoms with E-state index in [1.54, 1.807) is 6.92 Å². The molecule has 1 amide bonds. The molecule has 0 radical (unpaired) electrons. The molecule has 0 unspecified atom stereocenters. The van der Waals surface area contributed by atoms with Crippen molar-refractivity contribution in [2.75, 3.05) is 6.79 Å². The number of carbonyl (C=O) groups is 2. The molecule has 0 heterocycles. The Morgan fingerprint density at radius 3 is 1.89 bits per heavy atom. The maximum Gasteiger partial charge on any atom is 0.407 e. The molecule has 0 spiro atoms. The van der Waals surface area contributed by atoms with Gasteiger partial charge in [0.15, 0.2) is 0 Å². The highest BCUT2D eigenvalue weighted by Crippen LogP contribution is 1.94. The van der Waals surface area contributed by atoms with Crippen molar-refractivity contribution >= 4 is 17.8 Å². The molecule has 0 saturated heterocycles. The van der Waals surface area contributed by atoms with E-state index in [-0.39, 0.29) is 6.42 Å². The second kappa shape index (κ2) is 17.8. The molecule has 0 fully saturated rings. The number of hydrogen-bond donors (Lipinski definition) is 2. The van der Waals surface area contributed by atoms with Crippen LogP contribution in [0.4, 0.5) is 4.79 Å². The van der Waals surface area contributed by atoms with Crippen LogP contribution in [0.1, 0.15) is 53.9 Å². The zero-order valence-electron chi connectivity index (χ0n) is 12.0. The molecule has 6 heteroatoms. The van der Waals surface area contributed by atoms with Gasteiger partial charge >= 0.3 is 12.1 Å². The molecule has 0 aliphatic carbocycles. The van der Waals surface area contributed by atoms with Gasteiger partial charge in [0, 0.05) is 5.71 Å². The van der Waals surface area contributed by atoms with Gasteiger partial charge in [0.2, 0.25) is 6.79 Å². The summed E-state index contributed by atoms with van der Waals surface area (Å²) in [7, 11) is 0. The highest BCUT2D eigenvalue weighted by molar-refractivity contribution is 5.83. The fourth-order valence-electron chi connectivity index (χ4n) is 0.515. The predicted octanol–water partition coefficient (Wildman–Crippen LogP) is 2.84. The van der Waals surface area contributed by atoms with Gasteiger partial charge in [-0.3, -0.25) is 4.79 Å². The van der Waals surface area contributed by atoms with Crippen LogP contribution in [0.2, 0.25) is 0 Å². The molecule has 0 saturated carbocycles. The Morgan fingerprint density at radius 2 is 1.56 bits per heavy atom. The normalized spacial score (nSPS) is 7.83. The van der Waals surface area contributed by atoms with Crippen LogP contribution in [0.3, 0.4) is 0 Å². The number of carbonyl (C=O) groups excluding carboxylic acids is 2. The number of primary amides is 1. The maximum absolute atomic E-state index is 10.8. The first-order valence-corrected chi connectivity index (χ1v) is 6.05. The van der Waals surface area contributed by atoms with Gasteiger partial charge in [0.25, 0.3) is 0 Å². The van der Waals surface area contributed by atoms with Crippen molar-refractivity contribution in [3.8, 4) is 0 Å². The third-order valence-corrected chi connectivity index (χ3v) is 1.13. The van der Waals surface area contributed by atoms with E-state index in [4.69, 9.17) is 5.41 Å². The summed E-state index contributed by atoms with van der Waals surface area (Å²) < 4.78 is 8.61. The lowest BCUT2D eigenvalue weighted by molar-refractivity contribution is -0.151. The molecule has 0 rings (SSSR count). The Balaban J connectivity index is -0.000000389. The van der Waals surface area contributed by atoms with E-state index in [1.807, 2.05) is 13.8 Å². The zero-order valence-corrected chi connectivity index (χ0v) is 12.0. The summed E-state index contributed by atoms with van der Waals surface area (Å²) in [5, 5.41) is 7.02. The molecule has 0 bridgehead atoms. The first-order chi connectivity index (χ1) is 8.43. The summed E-state index contributed by atoms with van der Waals surface area (Å²) in [5.41, 5.74) is 5.01. The number of rotatable bonds is 5. The van der Waals surface area contributed by atoms with E-state index >= 15 is 0 Å². The van der Waals surface area contributed by atoms with E-state index < -0.39 is 18.9 Å². The summed E-state index contributed by atoms with van der Waals surface area (Å²) in [6, 6.07) is 0. The SMILES string of the molecule is CC.CC(=N)CCC(=O)OCOC(N)=O.CCC. The predicted molar refractivity (Wildman–Crippen MR) is 71.6 cm³/mol. The molecule has 3 N–H and O–H groups in total. The van der Waals surface area contributed by atoms with Crippen LogP contribution in [0.15, 0.2) is 0 Å². The van der Waals surface area contributed by atoms with Gasteiger partial charge < -0.3 is 20.6 Å². The summed E-state index contributed by atoms with van der Waals surface area (Å²) in [6.45, 7) is 9.37. The first-order valence-electron chi connectivity index (χ1n) is 6.05. The highest BCUT2D eigenvalue weighted by Gasteiger charge is 2.03. The van der Waals surface area contributed by atoms with E-state index in [1.165, 1.54) is 6.42 Å². The van der Waals surface area contributed by atoms with Gasteiger partial charge in [0.05, 0.1) is 6.42 Å². The number of nitrogens with one attached hydrogen (secondary N) is 1. The summed E-state index contributed by atoms with van der Waals surface area (Å²) in [6.07, 6.45) is 0.711. The van der Waals surface area contributed by atoms with E-state index in [0.717, 1.165) is 0 Å². The number of ether oxygens (including phenoxy) is 2. The average Bonchev–Trinajstić information content (AvgIpc) is 2.29. The third kappa shape index (κ3) is 29.3. The minimum atomic E-state index is -0.990. The van der Waals surface area contributed by atoms with Crippen molar-refractivity contribution in [3.05, 3.63) is 0 Å². The summed E-state index contributed by atoms with van der Waals surface area (Å²) in [4.78, 5) is 20.8. The number of esters is 1. The van der Waals surface area contributed by atoms with E-state index in [2.05, 4.69) is 29.1 Å². The molecule has 108 valence electrons. The fourth-order valence-corrected chi connectivity index (χ4v) is 0.515. The highest BCUT2D eigenvalue weighted by atomic mass is 16.7. The van der Waals surface area contributed by atoms with Crippen molar-refractivity contribution in [2.24, 2.45) is 5.73 Å². The van der Waals surface area contributed by atoms with Gasteiger partial charge in [-0.15, -0.1) is 0 Å². The Kier molecular flexibility index (Phi) is 21.4. The molecular weight excluding hydrogens is 236 g/mol. The van der Waals surface area contributed by atoms with E-state index in [9.17, 15) is 9.59 Å². The van der Waals surface area contributed by atoms with Gasteiger partial charge in [0.1, 0.15) is 0 Å². The van der Waals surface area contributed by atoms with Crippen LogP contribution in [-0.2, 0) is 14.3 Å². The van der Waals surface area contributed by atoms with Crippen molar-refractivity contribution in [1.82, 2.24) is 0 Å². The number of amides is 1. The van der Waals surface area contributed by atoms with Crippen molar-refractivity contribution in [3.63, 3.8) is 0 Å². The molecular formula is C12H26N2O4. The second-order valence-corrected chi connectivity index (χ2v) is 3.09. The third-order valence-electron chi connectivity index (χ3n) is 1.13. The lowest BCUT2D eigenvalue weighted by atomic mass is 10.2. The Morgan fingerprint density at radius 1 is 1.11 bits per heavy atom. The van der Waals surface area contributed by atoms with Crippen LogP contribution in [-0.4, -0.2) is 24.6 Å². The topological polar surface area (TPSA) is 102 Å². The molecule has 0 aliphatic heterocycles. The van der Waals surface area contributed by atoms with Crippen LogP contribution in [0.5, 0.6) is 0 Å². The quantitative estimate of drug-likeness (QED) is 0.451. The molecule has 6 nitrogen and oxygen atoms in total. The smallest absolute Gasteiger partial charge is 0.407 e. The number of nitrogens with two attached hydrogens (primary N) is 1. The molecule has 18 heavy (non-hydrogen) atoms. The van der Waals surface area contributed by atoms with Crippen LogP contribution < -0.4 is 5.73 Å². The van der Waals surface area contributed by atoms with Crippen molar-refractivity contribution in [1.29, 1.82) is 5.41 Å². The molecule has 0 aromatic rings. The molecule has 0 aliphatic rings. The summed E-state index contributed by atoms with van der Waals surface area (Å²) in [5.74, 6) is -0.521. The molecule has 0 atom stereocenters. The lowest BCUT2D eigenvalue weighted by Gasteiger charge is -2.03. The monoisotopic (exact) mass is 262 g/mol. The van der Waals surface area contributed by atoms with Crippen LogP contribution in [0.25, 0.3) is 0 Å². The Labute approximate surface area is 109 Å². The minimum Gasteiger partial charge on any atom is -0.428 e. The second-order valence-electron chi connectivity index (χ2n) is 3.09. The Hall–Kier alpha value is -1.59. The number of hydrogen-bond acceptors (Lipinski definition) is 5. The lowest BCUT2D eigenvalue weighted by Crippen LogP contribution is -2.17. The first kappa shape index (κ1) is 21.7. The van der Waals surface area contributed by atoms with Gasteiger partial charge in [-0.05, 0) is 13.3 Å². The minimum absolute atomic E-state index is 0.109. The van der Waals surface area contributed by atoms with Gasteiger partial charge in [-0.1, -0.05) is 34.1 Å². The average molecular weight is 262 g/mol. The van der Waals surface area contributed by atoms with Crippen LogP contribution in [0, 0.1) is 5.41 Å². The molecule has 0 aromatic carbocycles. The zero-order chi connectivity index (χ0) is 15.0. The fraction of sp³-hybridized carbons (Fsp3) is 0.750.